The van der Waals surface area contributed by atoms with Crippen molar-refractivity contribution < 1.29 is 19.1 Å². The van der Waals surface area contributed by atoms with E-state index in [-0.39, 0.29) is 0 Å². The molecule has 0 radical (unpaired) electrons. The smallest absolute Gasteiger partial charge is 0.326 e. The molecule has 2 atom stereocenters. The second-order valence-electron chi connectivity index (χ2n) is 2.80. The number of thioether (sulfide) groups is 1. The number of carbonyl (C=O) groups is 2. The number of nitrogens with one attached hydrogen (secondary N) is 1. The van der Waals surface area contributed by atoms with Gasteiger partial charge in [0.05, 0.1) is 0 Å². The lowest BCUT2D eigenvalue weighted by atomic mass is 10.2. The first-order chi connectivity index (χ1) is 6.49. The minimum Gasteiger partial charge on any atom is -0.480 e. The average Bonchev–Trinajstić information content (AvgIpc) is 2.10. The maximum atomic E-state index is 12.4. The average molecular weight is 222 g/mol. The Morgan fingerprint density at radius 3 is 2.50 bits per heavy atom. The fourth-order valence-electron chi connectivity index (χ4n) is 0.780. The molecule has 2 N–H and O–H groups in total. The standard InChI is InChI=1S/C8H14FNO3S/c1-5(9)7(11)10-6(8(12)13)3-4-14-2/h5-6H,3-4H2,1-2H3,(H,10,11)(H,12,13)/t5?,6-/m0/s1/i9-1. The van der Waals surface area contributed by atoms with Gasteiger partial charge in [-0.1, -0.05) is 0 Å². The number of aliphatic carboxylic acids is 1. The van der Waals surface area contributed by atoms with Gasteiger partial charge in [-0.2, -0.15) is 11.8 Å². The first kappa shape index (κ1) is 13.2. The van der Waals surface area contributed by atoms with E-state index in [1.54, 1.807) is 0 Å². The first-order valence-corrected chi connectivity index (χ1v) is 5.54. The van der Waals surface area contributed by atoms with E-state index in [2.05, 4.69) is 5.32 Å². The van der Waals surface area contributed by atoms with Crippen LogP contribution in [-0.2, 0) is 9.59 Å². The van der Waals surface area contributed by atoms with E-state index in [9.17, 15) is 14.0 Å². The molecule has 0 aliphatic heterocycles. The van der Waals surface area contributed by atoms with Gasteiger partial charge in [0.15, 0.2) is 6.17 Å². The van der Waals surface area contributed by atoms with Crippen molar-refractivity contribution in [3.8, 4) is 0 Å². The first-order valence-electron chi connectivity index (χ1n) is 4.15. The van der Waals surface area contributed by atoms with Gasteiger partial charge in [0.2, 0.25) is 0 Å². The largest absolute Gasteiger partial charge is 0.480 e. The molecule has 0 aliphatic rings. The molecule has 1 amide bonds. The highest BCUT2D eigenvalue weighted by atomic mass is 32.2. The summed E-state index contributed by atoms with van der Waals surface area (Å²) in [5.41, 5.74) is 0. The van der Waals surface area contributed by atoms with Crippen LogP contribution >= 0.6 is 11.8 Å². The Hall–Kier alpha value is -0.780. The molecule has 0 heterocycles. The van der Waals surface area contributed by atoms with Crippen LogP contribution in [0.25, 0.3) is 0 Å². The molecule has 4 nitrogen and oxygen atoms in total. The minimum absolute atomic E-state index is 0.301. The van der Waals surface area contributed by atoms with E-state index in [1.165, 1.54) is 11.8 Å². The number of carbonyl (C=O) groups excluding carboxylic acids is 1. The van der Waals surface area contributed by atoms with Crippen LogP contribution in [-0.4, -0.2) is 41.2 Å². The number of carboxylic acid groups (broad SMARTS) is 1. The number of amides is 1. The zero-order valence-electron chi connectivity index (χ0n) is 8.12. The van der Waals surface area contributed by atoms with Crippen LogP contribution in [0.5, 0.6) is 0 Å². The molecule has 0 saturated carbocycles. The molecule has 0 aliphatic carbocycles. The SMILES string of the molecule is CSCC[C@H](NC(=O)C(C)[18F])C(=O)O. The van der Waals surface area contributed by atoms with Crippen LogP contribution in [0.2, 0.25) is 0 Å². The maximum absolute atomic E-state index is 12.4. The van der Waals surface area contributed by atoms with Gasteiger partial charge in [-0.3, -0.25) is 4.79 Å². The lowest BCUT2D eigenvalue weighted by Crippen LogP contribution is -2.44. The van der Waals surface area contributed by atoms with Gasteiger partial charge >= 0.3 is 5.97 Å². The van der Waals surface area contributed by atoms with Crippen LogP contribution < -0.4 is 5.32 Å². The number of hydrogen-bond acceptors (Lipinski definition) is 3. The van der Waals surface area contributed by atoms with Gasteiger partial charge in [0.1, 0.15) is 6.04 Å². The molecular weight excluding hydrogens is 208 g/mol. The van der Waals surface area contributed by atoms with Crippen LogP contribution in [0.15, 0.2) is 0 Å². The van der Waals surface area contributed by atoms with Crippen LogP contribution in [0, 0.1) is 0 Å². The van der Waals surface area contributed by atoms with Crippen molar-refractivity contribution in [1.82, 2.24) is 5.32 Å². The minimum atomic E-state index is -1.67. The van der Waals surface area contributed by atoms with Gasteiger partial charge in [-0.25, -0.2) is 9.18 Å². The van der Waals surface area contributed by atoms with Gasteiger partial charge in [-0.15, -0.1) is 0 Å². The van der Waals surface area contributed by atoms with Crippen molar-refractivity contribution in [1.29, 1.82) is 0 Å². The number of hydrogen-bond donors (Lipinski definition) is 2. The summed E-state index contributed by atoms with van der Waals surface area (Å²) in [4.78, 5) is 21.5. The summed E-state index contributed by atoms with van der Waals surface area (Å²) in [6.07, 6.45) is 0.458. The molecule has 0 aromatic rings. The highest BCUT2D eigenvalue weighted by Gasteiger charge is 2.21. The Balaban J connectivity index is 4.09. The second-order valence-corrected chi connectivity index (χ2v) is 3.78. The number of carboxylic acids is 1. The summed E-state index contributed by atoms with van der Waals surface area (Å²) in [5, 5.41) is 10.8. The van der Waals surface area contributed by atoms with E-state index >= 15 is 0 Å². The molecule has 6 heteroatoms. The summed E-state index contributed by atoms with van der Waals surface area (Å²) in [6, 6.07) is -0.992. The van der Waals surface area contributed by atoms with Gasteiger partial charge in [0.25, 0.3) is 5.91 Å². The highest BCUT2D eigenvalue weighted by Crippen LogP contribution is 2.02. The molecule has 0 aromatic heterocycles. The van der Waals surface area contributed by atoms with Gasteiger partial charge in [0, 0.05) is 0 Å². The Kier molecular flexibility index (Phi) is 6.27. The molecule has 0 rings (SSSR count). The summed E-state index contributed by atoms with van der Waals surface area (Å²) in [5.74, 6) is -1.40. The predicted molar refractivity (Wildman–Crippen MR) is 53.1 cm³/mol. The van der Waals surface area contributed by atoms with Crippen LogP contribution in [0.4, 0.5) is 4.39 Å². The monoisotopic (exact) mass is 222 g/mol. The third-order valence-corrected chi connectivity index (χ3v) is 2.23. The van der Waals surface area contributed by atoms with E-state index in [0.29, 0.717) is 12.2 Å². The molecule has 1 unspecified atom stereocenters. The lowest BCUT2D eigenvalue weighted by Gasteiger charge is -2.14. The molecular formula is C8H14FNO3S. The number of rotatable bonds is 6. The third kappa shape index (κ3) is 5.06. The Labute approximate surface area is 86.2 Å². The fourth-order valence-corrected chi connectivity index (χ4v) is 1.25. The second kappa shape index (κ2) is 6.64. The molecule has 0 saturated heterocycles. The quantitative estimate of drug-likeness (QED) is 0.693. The zero-order valence-corrected chi connectivity index (χ0v) is 8.94. The summed E-state index contributed by atoms with van der Waals surface area (Å²) in [6.45, 7) is 1.07. The normalized spacial score (nSPS) is 14.5. The summed E-state index contributed by atoms with van der Waals surface area (Å²) in [7, 11) is 0. The molecule has 0 fully saturated rings. The number of halogens is 1. The Bertz CT molecular complexity index is 211. The van der Waals surface area contributed by atoms with E-state index in [1.807, 2.05) is 6.26 Å². The van der Waals surface area contributed by atoms with Crippen molar-refractivity contribution in [2.75, 3.05) is 12.0 Å². The Morgan fingerprint density at radius 1 is 1.57 bits per heavy atom. The van der Waals surface area contributed by atoms with Crippen molar-refractivity contribution in [3.05, 3.63) is 0 Å². The van der Waals surface area contributed by atoms with E-state index in [0.717, 1.165) is 6.92 Å². The fraction of sp³-hybridized carbons (Fsp3) is 0.750. The lowest BCUT2D eigenvalue weighted by molar-refractivity contribution is -0.142. The maximum Gasteiger partial charge on any atom is 0.326 e. The summed E-state index contributed by atoms with van der Waals surface area (Å²) < 4.78 is 12.4. The van der Waals surface area contributed by atoms with E-state index < -0.39 is 24.1 Å². The molecule has 0 bridgehead atoms. The molecule has 0 aromatic carbocycles. The predicted octanol–water partition coefficient (Wildman–Crippen LogP) is 0.667. The zero-order chi connectivity index (χ0) is 11.1. The highest BCUT2D eigenvalue weighted by molar-refractivity contribution is 7.98. The van der Waals surface area contributed by atoms with Crippen LogP contribution in [0.1, 0.15) is 13.3 Å². The summed E-state index contributed by atoms with van der Waals surface area (Å²) >= 11 is 1.47. The van der Waals surface area contributed by atoms with Crippen molar-refractivity contribution in [3.63, 3.8) is 0 Å². The third-order valence-electron chi connectivity index (χ3n) is 1.59. The Morgan fingerprint density at radius 2 is 2.14 bits per heavy atom. The molecule has 82 valence electrons. The molecule has 14 heavy (non-hydrogen) atoms. The van der Waals surface area contributed by atoms with Crippen molar-refractivity contribution >= 4 is 23.6 Å². The van der Waals surface area contributed by atoms with Crippen molar-refractivity contribution in [2.45, 2.75) is 25.6 Å². The van der Waals surface area contributed by atoms with Gasteiger partial charge < -0.3 is 10.4 Å². The number of alkyl halides is 1. The van der Waals surface area contributed by atoms with Gasteiger partial charge in [-0.05, 0) is 25.4 Å². The van der Waals surface area contributed by atoms with E-state index in [4.69, 9.17) is 5.11 Å². The molecule has 0 spiro atoms. The van der Waals surface area contributed by atoms with Crippen LogP contribution in [0.3, 0.4) is 0 Å². The van der Waals surface area contributed by atoms with Crippen molar-refractivity contribution in [2.24, 2.45) is 0 Å². The topological polar surface area (TPSA) is 66.4 Å².